The second-order valence-electron chi connectivity index (χ2n) is 5.63. The van der Waals surface area contributed by atoms with E-state index in [4.69, 9.17) is 11.6 Å². The summed E-state index contributed by atoms with van der Waals surface area (Å²) >= 11 is 8.41. The second-order valence-corrected chi connectivity index (χ2v) is 7.28. The molecule has 0 spiro atoms. The minimum Gasteiger partial charge on any atom is -0.508 e. The van der Waals surface area contributed by atoms with Crippen molar-refractivity contribution in [1.82, 2.24) is 5.32 Å². The Morgan fingerprint density at radius 1 is 1.32 bits per heavy atom. The van der Waals surface area contributed by atoms with E-state index in [-0.39, 0.29) is 11.7 Å². The molecule has 0 saturated heterocycles. The fraction of sp³-hybridized carbons (Fsp3) is 0.263. The third kappa shape index (κ3) is 6.32. The van der Waals surface area contributed by atoms with Crippen LogP contribution >= 0.6 is 34.2 Å². The average Bonchev–Trinajstić information content (AvgIpc) is 2.59. The van der Waals surface area contributed by atoms with Crippen LogP contribution in [0.15, 0.2) is 47.5 Å². The Bertz CT molecular complexity index is 748. The van der Waals surface area contributed by atoms with Crippen LogP contribution in [-0.2, 0) is 11.2 Å². The lowest BCUT2D eigenvalue weighted by molar-refractivity contribution is -0.122. The molecule has 2 aromatic rings. The van der Waals surface area contributed by atoms with Crippen molar-refractivity contribution in [2.45, 2.75) is 19.8 Å². The smallest absolute Gasteiger partial charge is 0.228 e. The molecule has 1 atom stereocenters. The topological polar surface area (TPSA) is 61.7 Å². The standard InChI is InChI=1S/C19H20ClIN2O2/c1-2-9-22-19(25)14(10-13-3-8-17(24)11-18(13)20)12-23-16-6-4-15(21)5-7-16/h3-8,11-12,14,24H,2,9-10H2,1H3,(H,22,25). The van der Waals surface area contributed by atoms with Crippen molar-refractivity contribution in [2.24, 2.45) is 10.9 Å². The molecular formula is C19H20ClIN2O2. The van der Waals surface area contributed by atoms with Crippen LogP contribution in [0.5, 0.6) is 5.75 Å². The summed E-state index contributed by atoms with van der Waals surface area (Å²) in [5, 5.41) is 12.8. The number of amides is 1. The Morgan fingerprint density at radius 3 is 2.68 bits per heavy atom. The van der Waals surface area contributed by atoms with Crippen LogP contribution in [0.1, 0.15) is 18.9 Å². The number of phenolic OH excluding ortho intramolecular Hbond substituents is 1. The molecule has 0 aliphatic carbocycles. The first-order valence-corrected chi connectivity index (χ1v) is 9.50. The zero-order valence-corrected chi connectivity index (χ0v) is 16.8. The third-order valence-corrected chi connectivity index (χ3v) is 4.66. The molecule has 0 radical (unpaired) electrons. The quantitative estimate of drug-likeness (QED) is 0.454. The van der Waals surface area contributed by atoms with Gasteiger partial charge in [0.05, 0.1) is 11.6 Å². The molecule has 0 fully saturated rings. The fourth-order valence-electron chi connectivity index (χ4n) is 2.23. The van der Waals surface area contributed by atoms with Gasteiger partial charge in [0, 0.05) is 21.4 Å². The molecule has 0 heterocycles. The number of hydrogen-bond acceptors (Lipinski definition) is 3. The van der Waals surface area contributed by atoms with E-state index in [0.717, 1.165) is 21.2 Å². The molecular weight excluding hydrogens is 451 g/mol. The lowest BCUT2D eigenvalue weighted by atomic mass is 9.99. The molecule has 1 unspecified atom stereocenters. The number of rotatable bonds is 7. The maximum Gasteiger partial charge on any atom is 0.228 e. The van der Waals surface area contributed by atoms with Crippen LogP contribution < -0.4 is 5.32 Å². The monoisotopic (exact) mass is 470 g/mol. The number of benzene rings is 2. The van der Waals surface area contributed by atoms with Gasteiger partial charge in [-0.3, -0.25) is 9.79 Å². The lowest BCUT2D eigenvalue weighted by Crippen LogP contribution is -2.33. The average molecular weight is 471 g/mol. The van der Waals surface area contributed by atoms with Crippen LogP contribution in [-0.4, -0.2) is 23.8 Å². The van der Waals surface area contributed by atoms with Gasteiger partial charge < -0.3 is 10.4 Å². The summed E-state index contributed by atoms with van der Waals surface area (Å²) in [7, 11) is 0. The van der Waals surface area contributed by atoms with Crippen LogP contribution in [0.2, 0.25) is 5.02 Å². The summed E-state index contributed by atoms with van der Waals surface area (Å²) in [6, 6.07) is 12.5. The van der Waals surface area contributed by atoms with E-state index in [0.29, 0.717) is 18.0 Å². The Kier molecular flexibility index (Phi) is 7.71. The summed E-state index contributed by atoms with van der Waals surface area (Å²) in [4.78, 5) is 16.9. The van der Waals surface area contributed by atoms with Gasteiger partial charge in [-0.05, 0) is 77.4 Å². The highest BCUT2D eigenvalue weighted by molar-refractivity contribution is 14.1. The first-order chi connectivity index (χ1) is 12.0. The summed E-state index contributed by atoms with van der Waals surface area (Å²) in [6.07, 6.45) is 2.95. The van der Waals surface area contributed by atoms with E-state index in [1.165, 1.54) is 6.07 Å². The van der Waals surface area contributed by atoms with Gasteiger partial charge in [0.15, 0.2) is 0 Å². The molecule has 2 N–H and O–H groups in total. The van der Waals surface area contributed by atoms with Crippen LogP contribution in [0.3, 0.4) is 0 Å². The Labute approximate surface area is 166 Å². The summed E-state index contributed by atoms with van der Waals surface area (Å²) in [5.74, 6) is -0.415. The highest BCUT2D eigenvalue weighted by atomic mass is 127. The van der Waals surface area contributed by atoms with E-state index in [2.05, 4.69) is 32.9 Å². The van der Waals surface area contributed by atoms with Gasteiger partial charge in [-0.25, -0.2) is 0 Å². The number of nitrogens with one attached hydrogen (secondary N) is 1. The second kappa shape index (κ2) is 9.77. The van der Waals surface area contributed by atoms with E-state index < -0.39 is 5.92 Å². The SMILES string of the molecule is CCCNC(=O)C(C=Nc1ccc(I)cc1)Cc1ccc(O)cc1Cl. The van der Waals surface area contributed by atoms with Gasteiger partial charge in [0.1, 0.15) is 5.75 Å². The van der Waals surface area contributed by atoms with E-state index in [1.807, 2.05) is 31.2 Å². The Hall–Kier alpha value is -1.60. The summed E-state index contributed by atoms with van der Waals surface area (Å²) in [6.45, 7) is 2.63. The number of aromatic hydroxyl groups is 1. The largest absolute Gasteiger partial charge is 0.508 e. The molecule has 0 saturated carbocycles. The van der Waals surface area contributed by atoms with Crippen LogP contribution in [0.4, 0.5) is 5.69 Å². The molecule has 0 aliphatic rings. The van der Waals surface area contributed by atoms with Crippen molar-refractivity contribution in [1.29, 1.82) is 0 Å². The number of carbonyl (C=O) groups excluding carboxylic acids is 1. The van der Waals surface area contributed by atoms with E-state index in [9.17, 15) is 9.90 Å². The maximum atomic E-state index is 12.5. The number of carbonyl (C=O) groups is 1. The van der Waals surface area contributed by atoms with Crippen molar-refractivity contribution in [3.8, 4) is 5.75 Å². The van der Waals surface area contributed by atoms with E-state index in [1.54, 1.807) is 18.3 Å². The molecule has 6 heteroatoms. The van der Waals surface area contributed by atoms with Gasteiger partial charge >= 0.3 is 0 Å². The number of nitrogens with zero attached hydrogens (tertiary/aromatic N) is 1. The first-order valence-electron chi connectivity index (χ1n) is 8.04. The van der Waals surface area contributed by atoms with Crippen LogP contribution in [0.25, 0.3) is 0 Å². The predicted molar refractivity (Wildman–Crippen MR) is 111 cm³/mol. The molecule has 25 heavy (non-hydrogen) atoms. The van der Waals surface area contributed by atoms with Crippen molar-refractivity contribution >= 4 is 52.0 Å². The molecule has 2 aromatic carbocycles. The number of aliphatic imine (C=N–C) groups is 1. The lowest BCUT2D eigenvalue weighted by Gasteiger charge is -2.14. The molecule has 0 aromatic heterocycles. The number of halogens is 2. The van der Waals surface area contributed by atoms with Crippen LogP contribution in [0, 0.1) is 9.49 Å². The third-order valence-electron chi connectivity index (χ3n) is 3.59. The molecule has 1 amide bonds. The van der Waals surface area contributed by atoms with Crippen molar-refractivity contribution in [2.75, 3.05) is 6.54 Å². The zero-order valence-electron chi connectivity index (χ0n) is 13.9. The normalized spacial score (nSPS) is 12.3. The molecule has 0 bridgehead atoms. The Balaban J connectivity index is 2.19. The highest BCUT2D eigenvalue weighted by Crippen LogP contribution is 2.24. The molecule has 0 aliphatic heterocycles. The fourth-order valence-corrected chi connectivity index (χ4v) is 2.85. The predicted octanol–water partition coefficient (Wildman–Crippen LogP) is 4.74. The number of phenols is 1. The minimum atomic E-state index is -0.437. The zero-order chi connectivity index (χ0) is 18.2. The van der Waals surface area contributed by atoms with Gasteiger partial charge in [-0.1, -0.05) is 24.6 Å². The summed E-state index contributed by atoms with van der Waals surface area (Å²) < 4.78 is 1.13. The Morgan fingerprint density at radius 2 is 2.04 bits per heavy atom. The summed E-state index contributed by atoms with van der Waals surface area (Å²) in [5.41, 5.74) is 1.59. The molecule has 132 valence electrons. The van der Waals surface area contributed by atoms with Gasteiger partial charge in [0.25, 0.3) is 0 Å². The van der Waals surface area contributed by atoms with Gasteiger partial charge in [-0.2, -0.15) is 0 Å². The number of hydrogen-bond donors (Lipinski definition) is 2. The maximum absolute atomic E-state index is 12.5. The molecule has 2 rings (SSSR count). The van der Waals surface area contributed by atoms with Crippen molar-refractivity contribution < 1.29 is 9.90 Å². The van der Waals surface area contributed by atoms with Crippen molar-refractivity contribution in [3.63, 3.8) is 0 Å². The molecule has 4 nitrogen and oxygen atoms in total. The van der Waals surface area contributed by atoms with Gasteiger partial charge in [0.2, 0.25) is 5.91 Å². The minimum absolute atomic E-state index is 0.0831. The first kappa shape index (κ1) is 19.7. The van der Waals surface area contributed by atoms with Crippen molar-refractivity contribution in [3.05, 3.63) is 56.6 Å². The van der Waals surface area contributed by atoms with Gasteiger partial charge in [-0.15, -0.1) is 0 Å². The van der Waals surface area contributed by atoms with E-state index >= 15 is 0 Å². The highest BCUT2D eigenvalue weighted by Gasteiger charge is 2.18.